The Labute approximate surface area is 310 Å². The van der Waals surface area contributed by atoms with Crippen LogP contribution in [0.25, 0.3) is 11.0 Å². The summed E-state index contributed by atoms with van der Waals surface area (Å²) in [6.07, 6.45) is 2.20. The van der Waals surface area contributed by atoms with Crippen LogP contribution < -0.4 is 19.7 Å². The average molecular weight is 724 g/mol. The summed E-state index contributed by atoms with van der Waals surface area (Å²) in [6, 6.07) is 16.2. The number of carbonyl (C=O) groups is 2. The van der Waals surface area contributed by atoms with Crippen LogP contribution in [0.4, 0.5) is 11.4 Å². The summed E-state index contributed by atoms with van der Waals surface area (Å²) in [4.78, 5) is 55.3. The lowest BCUT2D eigenvalue weighted by Gasteiger charge is -2.34. The number of rotatable bonds is 14. The van der Waals surface area contributed by atoms with Gasteiger partial charge in [-0.1, -0.05) is 12.1 Å². The Morgan fingerprint density at radius 1 is 1.00 bits per heavy atom. The molecule has 2 N–H and O–H groups in total. The topological polar surface area (TPSA) is 133 Å². The summed E-state index contributed by atoms with van der Waals surface area (Å²) >= 11 is 0. The summed E-state index contributed by atoms with van der Waals surface area (Å²) < 4.78 is 17.3. The number of benzene rings is 3. The Kier molecular flexibility index (Phi) is 12.4. The number of aromatic nitrogens is 2. The van der Waals surface area contributed by atoms with E-state index in [0.29, 0.717) is 72.3 Å². The number of morpholine rings is 1. The molecule has 0 unspecified atom stereocenters. The van der Waals surface area contributed by atoms with Crippen LogP contribution in [-0.2, 0) is 16.1 Å². The maximum absolute atomic E-state index is 13.8. The molecule has 0 bridgehead atoms. The molecular weight excluding hydrogens is 674 g/mol. The monoisotopic (exact) mass is 723 g/mol. The molecule has 2 amide bonds. The first-order valence-corrected chi connectivity index (χ1v) is 18.2. The van der Waals surface area contributed by atoms with E-state index in [9.17, 15) is 14.4 Å². The van der Waals surface area contributed by atoms with Crippen molar-refractivity contribution in [2.75, 3.05) is 90.5 Å². The van der Waals surface area contributed by atoms with E-state index >= 15 is 0 Å². The number of fused-ring (bicyclic) bond motifs is 1. The number of nitrogens with zero attached hydrogens (tertiary/aromatic N) is 5. The fraction of sp³-hybridized carbons (Fsp3) is 0.425. The van der Waals surface area contributed by atoms with Gasteiger partial charge in [-0.25, -0.2) is 9.78 Å². The first-order valence-electron chi connectivity index (χ1n) is 18.2. The number of H-pyrrole nitrogens is 1. The molecule has 13 heteroatoms. The zero-order chi connectivity index (χ0) is 37.3. The smallest absolute Gasteiger partial charge is 0.258 e. The van der Waals surface area contributed by atoms with Crippen molar-refractivity contribution in [1.82, 2.24) is 24.7 Å². The molecule has 1 aromatic heterocycles. The van der Waals surface area contributed by atoms with E-state index in [0.717, 1.165) is 74.7 Å². The molecule has 53 heavy (non-hydrogen) atoms. The van der Waals surface area contributed by atoms with Crippen molar-refractivity contribution in [1.29, 1.82) is 0 Å². The summed E-state index contributed by atoms with van der Waals surface area (Å²) in [5.41, 5.74) is 4.97. The lowest BCUT2D eigenvalue weighted by Crippen LogP contribution is -2.44. The number of aryl methyl sites for hydroxylation is 1. The first-order chi connectivity index (χ1) is 25.7. The number of anilines is 2. The van der Waals surface area contributed by atoms with Gasteiger partial charge in [-0.05, 0) is 81.3 Å². The van der Waals surface area contributed by atoms with Gasteiger partial charge in [0.05, 0.1) is 61.6 Å². The van der Waals surface area contributed by atoms with Gasteiger partial charge < -0.3 is 39.2 Å². The molecule has 2 aliphatic rings. The maximum Gasteiger partial charge on any atom is 0.258 e. The lowest BCUT2D eigenvalue weighted by atomic mass is 10.1. The molecule has 2 aliphatic heterocycles. The third-order valence-corrected chi connectivity index (χ3v) is 9.83. The lowest BCUT2D eigenvalue weighted by molar-refractivity contribution is 0.0332. The van der Waals surface area contributed by atoms with E-state index in [1.807, 2.05) is 37.3 Å². The fourth-order valence-electron chi connectivity index (χ4n) is 6.67. The van der Waals surface area contributed by atoms with Crippen LogP contribution in [0.5, 0.6) is 11.5 Å². The van der Waals surface area contributed by atoms with E-state index in [4.69, 9.17) is 19.2 Å². The minimum Gasteiger partial charge on any atom is -0.495 e. The number of hydrogen-bond donors (Lipinski definition) is 2. The Hall–Kier alpha value is -5.20. The van der Waals surface area contributed by atoms with Crippen molar-refractivity contribution in [3.8, 4) is 11.5 Å². The van der Waals surface area contributed by atoms with Crippen molar-refractivity contribution in [3.05, 3.63) is 82.8 Å². The van der Waals surface area contributed by atoms with Gasteiger partial charge in [-0.15, -0.1) is 0 Å². The Morgan fingerprint density at radius 2 is 1.79 bits per heavy atom. The van der Waals surface area contributed by atoms with Crippen LogP contribution in [0.1, 0.15) is 51.4 Å². The van der Waals surface area contributed by atoms with Gasteiger partial charge in [0.1, 0.15) is 28.8 Å². The second kappa shape index (κ2) is 17.5. The highest BCUT2D eigenvalue weighted by molar-refractivity contribution is 6.12. The van der Waals surface area contributed by atoms with Crippen molar-refractivity contribution < 1.29 is 28.6 Å². The predicted octanol–water partition coefficient (Wildman–Crippen LogP) is 4.75. The number of nitrogens with one attached hydrogen (secondary N) is 2. The zero-order valence-electron chi connectivity index (χ0n) is 31.1. The van der Waals surface area contributed by atoms with Gasteiger partial charge in [-0.3, -0.25) is 14.5 Å². The van der Waals surface area contributed by atoms with E-state index in [1.165, 1.54) is 7.11 Å². The van der Waals surface area contributed by atoms with Crippen molar-refractivity contribution in [2.45, 2.75) is 32.7 Å². The van der Waals surface area contributed by atoms with Crippen molar-refractivity contribution >= 4 is 40.2 Å². The van der Waals surface area contributed by atoms with E-state index < -0.39 is 0 Å². The molecule has 2 saturated heterocycles. The van der Waals surface area contributed by atoms with Gasteiger partial charge in [0.2, 0.25) is 0 Å². The number of likely N-dealkylation sites (N-methyl/N-ethyl adjacent to an activating group) is 1. The van der Waals surface area contributed by atoms with Gasteiger partial charge >= 0.3 is 0 Å². The average Bonchev–Trinajstić information content (AvgIpc) is 3.59. The molecule has 6 rings (SSSR count). The number of aromatic amines is 1. The summed E-state index contributed by atoms with van der Waals surface area (Å²) in [5.74, 6) is 3.28. The molecule has 4 aromatic rings. The molecule has 3 heterocycles. The second-order valence-electron chi connectivity index (χ2n) is 13.6. The number of carbonyl (C=O) groups excluding carboxylic acids is 3. The largest absolute Gasteiger partial charge is 0.495 e. The predicted molar refractivity (Wildman–Crippen MR) is 205 cm³/mol. The van der Waals surface area contributed by atoms with Gasteiger partial charge in [0, 0.05) is 51.9 Å². The molecule has 0 aliphatic carbocycles. The summed E-state index contributed by atoms with van der Waals surface area (Å²) in [7, 11) is 5.29. The van der Waals surface area contributed by atoms with Crippen molar-refractivity contribution in [2.24, 2.45) is 0 Å². The molecular formula is C40H49N7O6. The zero-order valence-corrected chi connectivity index (χ0v) is 31.1. The molecule has 0 spiro atoms. The number of para-hydroxylation sites is 1. The molecule has 280 valence electrons. The van der Waals surface area contributed by atoms with Crippen LogP contribution in [-0.4, -0.2) is 123 Å². The van der Waals surface area contributed by atoms with Gasteiger partial charge in [-0.2, -0.15) is 0 Å². The van der Waals surface area contributed by atoms with E-state index in [2.05, 4.69) is 38.0 Å². The summed E-state index contributed by atoms with van der Waals surface area (Å²) in [6.45, 7) is 9.67. The molecule has 0 saturated carbocycles. The SMILES string of the molecule is COc1cc(C(=O)N(C)c2ccc(C)cc2OCCCCC(=C=O)N2CCN(C)CC2)ccc1NC(=O)c1cccc2[nH]c(CN3CCOCC3)nc12. The Balaban J connectivity index is 1.08. The standard InChI is InChI=1S/C40H49N7O6/c1-28-11-14-34(36(24-28)53-21-6-5-8-30(27-48)47-17-15-44(2)16-18-47)45(3)40(50)29-12-13-32(35(25-29)51-4)42-39(49)31-9-7-10-33-38(31)43-37(41-33)26-46-19-22-52-23-20-46/h7,9-14,24-25H,5-6,8,15-23,26H2,1-4H3,(H,41,43)(H,42,49). The molecule has 3 aromatic carbocycles. The number of hydrogen-bond acceptors (Lipinski definition) is 10. The highest BCUT2D eigenvalue weighted by Gasteiger charge is 2.22. The highest BCUT2D eigenvalue weighted by atomic mass is 16.5. The number of imidazole rings is 1. The number of piperazine rings is 1. The Morgan fingerprint density at radius 3 is 2.55 bits per heavy atom. The highest BCUT2D eigenvalue weighted by Crippen LogP contribution is 2.32. The minimum atomic E-state index is -0.339. The van der Waals surface area contributed by atoms with Crippen LogP contribution in [0.2, 0.25) is 0 Å². The third kappa shape index (κ3) is 9.24. The van der Waals surface area contributed by atoms with Gasteiger partial charge in [0.15, 0.2) is 0 Å². The van der Waals surface area contributed by atoms with E-state index in [1.54, 1.807) is 36.2 Å². The Bertz CT molecular complexity index is 1960. The molecule has 0 radical (unpaired) electrons. The van der Waals surface area contributed by atoms with Crippen LogP contribution in [0, 0.1) is 6.92 Å². The minimum absolute atomic E-state index is 0.267. The van der Waals surface area contributed by atoms with E-state index in [-0.39, 0.29) is 11.8 Å². The summed E-state index contributed by atoms with van der Waals surface area (Å²) in [5, 5.41) is 2.95. The molecule has 2 fully saturated rings. The van der Waals surface area contributed by atoms with Crippen LogP contribution >= 0.6 is 0 Å². The number of ether oxygens (including phenoxy) is 3. The second-order valence-corrected chi connectivity index (χ2v) is 13.6. The number of methoxy groups -OCH3 is 1. The normalized spacial score (nSPS) is 15.2. The van der Waals surface area contributed by atoms with Crippen molar-refractivity contribution in [3.63, 3.8) is 0 Å². The number of unbranched alkanes of at least 4 members (excludes halogenated alkanes) is 1. The fourth-order valence-corrected chi connectivity index (χ4v) is 6.67. The first kappa shape index (κ1) is 37.6. The van der Waals surface area contributed by atoms with Crippen LogP contribution in [0.3, 0.4) is 0 Å². The number of allylic oxidation sites excluding steroid dienone is 1. The maximum atomic E-state index is 13.8. The molecule has 0 atom stereocenters. The third-order valence-electron chi connectivity index (χ3n) is 9.83. The number of amides is 2. The van der Waals surface area contributed by atoms with Crippen LogP contribution in [0.15, 0.2) is 60.3 Å². The quantitative estimate of drug-likeness (QED) is 0.139. The molecule has 13 nitrogen and oxygen atoms in total. The van der Waals surface area contributed by atoms with Gasteiger partial charge in [0.25, 0.3) is 11.8 Å².